The van der Waals surface area contributed by atoms with Gasteiger partial charge in [-0.05, 0) is 83.5 Å². The molecule has 0 spiro atoms. The minimum atomic E-state index is -1.25. The maximum Gasteiger partial charge on any atom is 0.248 e. The molecule has 44 heavy (non-hydrogen) atoms. The van der Waals surface area contributed by atoms with Gasteiger partial charge in [0, 0.05) is 31.7 Å². The summed E-state index contributed by atoms with van der Waals surface area (Å²) in [6.07, 6.45) is -0.389. The highest BCUT2D eigenvalue weighted by molar-refractivity contribution is 14.1. The highest BCUT2D eigenvalue weighted by Gasteiger charge is 2.41. The number of rotatable bonds is 16. The summed E-state index contributed by atoms with van der Waals surface area (Å²) in [6.45, 7) is 1.63. The quantitative estimate of drug-likeness (QED) is 0.188. The summed E-state index contributed by atoms with van der Waals surface area (Å²) >= 11 is 2.05. The fraction of sp³-hybridized carbons (Fsp3) is 0.484. The third-order valence-electron chi connectivity index (χ3n) is 7.20. The third kappa shape index (κ3) is 8.97. The summed E-state index contributed by atoms with van der Waals surface area (Å²) < 4.78 is 28.8. The average Bonchev–Trinajstić information content (AvgIpc) is 3.04. The molecule has 12 nitrogen and oxygen atoms in total. The van der Waals surface area contributed by atoms with Crippen LogP contribution in [0.5, 0.6) is 23.0 Å². The number of hydrogen-bond donors (Lipinski definition) is 4. The smallest absolute Gasteiger partial charge is 0.248 e. The first-order valence-corrected chi connectivity index (χ1v) is 15.3. The van der Waals surface area contributed by atoms with E-state index in [9.17, 15) is 24.9 Å². The number of aliphatic hydroxyl groups is 3. The highest BCUT2D eigenvalue weighted by atomic mass is 127. The first kappa shape index (κ1) is 35.4. The van der Waals surface area contributed by atoms with Crippen LogP contribution in [-0.2, 0) is 27.4 Å². The second kappa shape index (κ2) is 17.4. The number of carbonyl (C=O) groups is 2. The van der Waals surface area contributed by atoms with Crippen LogP contribution in [0.3, 0.4) is 0 Å². The van der Waals surface area contributed by atoms with Gasteiger partial charge < -0.3 is 49.2 Å². The Balaban J connectivity index is 2.02. The van der Waals surface area contributed by atoms with Crippen molar-refractivity contribution in [1.82, 2.24) is 10.2 Å². The van der Waals surface area contributed by atoms with E-state index < -0.39 is 24.2 Å². The van der Waals surface area contributed by atoms with Gasteiger partial charge in [0.15, 0.2) is 11.5 Å². The largest absolute Gasteiger partial charge is 0.497 e. The number of nitrogens with one attached hydrogen (secondary N) is 1. The van der Waals surface area contributed by atoms with Gasteiger partial charge in [0.05, 0.1) is 44.2 Å². The van der Waals surface area contributed by atoms with Gasteiger partial charge in [-0.25, -0.2) is 0 Å². The van der Waals surface area contributed by atoms with Crippen LogP contribution in [0.15, 0.2) is 42.0 Å². The standard InChI is InChI=1S/C31H41IN2O10/c1-5-43-18-28(37)34(10-8-20-14-22(40-2)6-7-25(20)41-3)24-15-21(31(39)33-9-11-35)16-26(29(24)38)44-30-23(32)12-19(17-36)13-27(30)42-4/h6-7,12-14,16,24,26,29,35-36,38H,5,8-11,15,17-18H2,1-4H3,(H,33,39)/t24-,26+,29+/m1/s1. The number of halogens is 1. The van der Waals surface area contributed by atoms with Crippen LogP contribution in [-0.4, -0.2) is 105 Å². The predicted molar refractivity (Wildman–Crippen MR) is 170 cm³/mol. The molecule has 0 fully saturated rings. The Hall–Kier alpha value is -3.11. The van der Waals surface area contributed by atoms with Crippen LogP contribution in [0.2, 0.25) is 0 Å². The number of benzene rings is 2. The molecule has 0 aromatic heterocycles. The van der Waals surface area contributed by atoms with Crippen molar-refractivity contribution in [3.63, 3.8) is 0 Å². The third-order valence-corrected chi connectivity index (χ3v) is 8.00. The van der Waals surface area contributed by atoms with E-state index in [0.29, 0.717) is 45.2 Å². The second-order valence-electron chi connectivity index (χ2n) is 9.94. The molecule has 3 atom stereocenters. The first-order chi connectivity index (χ1) is 21.2. The average molecular weight is 729 g/mol. The lowest BCUT2D eigenvalue weighted by Crippen LogP contribution is -2.56. The van der Waals surface area contributed by atoms with Gasteiger partial charge in [-0.1, -0.05) is 0 Å². The Morgan fingerprint density at radius 2 is 1.82 bits per heavy atom. The Morgan fingerprint density at radius 1 is 1.07 bits per heavy atom. The van der Waals surface area contributed by atoms with Crippen LogP contribution in [0.4, 0.5) is 0 Å². The molecule has 0 aliphatic heterocycles. The van der Waals surface area contributed by atoms with Gasteiger partial charge >= 0.3 is 0 Å². The molecule has 242 valence electrons. The van der Waals surface area contributed by atoms with E-state index >= 15 is 0 Å². The molecule has 0 saturated carbocycles. The van der Waals surface area contributed by atoms with E-state index in [1.807, 2.05) is 28.7 Å². The SMILES string of the molecule is CCOCC(=O)N(CCc1cc(OC)ccc1OC)[C@@H]1CC(C(=O)NCCO)=C[C@H](Oc2c(I)cc(CO)cc2OC)[C@H]1O. The Labute approximate surface area is 271 Å². The van der Waals surface area contributed by atoms with Crippen molar-refractivity contribution >= 4 is 34.4 Å². The lowest BCUT2D eigenvalue weighted by Gasteiger charge is -2.40. The molecular formula is C31H41IN2O10. The van der Waals surface area contributed by atoms with Crippen molar-refractivity contribution in [2.45, 2.75) is 44.6 Å². The zero-order valence-corrected chi connectivity index (χ0v) is 27.5. The van der Waals surface area contributed by atoms with E-state index in [2.05, 4.69) is 5.32 Å². The van der Waals surface area contributed by atoms with Gasteiger partial charge in [0.25, 0.3) is 0 Å². The Morgan fingerprint density at radius 3 is 2.45 bits per heavy atom. The van der Waals surface area contributed by atoms with Crippen LogP contribution < -0.4 is 24.3 Å². The maximum absolute atomic E-state index is 13.6. The molecule has 1 aliphatic rings. The van der Waals surface area contributed by atoms with Crippen molar-refractivity contribution in [1.29, 1.82) is 0 Å². The lowest BCUT2D eigenvalue weighted by atomic mass is 9.88. The number of ether oxygens (including phenoxy) is 5. The van der Waals surface area contributed by atoms with E-state index in [0.717, 1.165) is 5.56 Å². The van der Waals surface area contributed by atoms with Gasteiger partial charge in [-0.3, -0.25) is 9.59 Å². The van der Waals surface area contributed by atoms with E-state index in [-0.39, 0.29) is 50.8 Å². The number of hydrogen-bond acceptors (Lipinski definition) is 10. The molecule has 3 rings (SSSR count). The molecule has 13 heteroatoms. The first-order valence-electron chi connectivity index (χ1n) is 14.2. The molecule has 0 heterocycles. The lowest BCUT2D eigenvalue weighted by molar-refractivity contribution is -0.143. The number of aliphatic hydroxyl groups excluding tert-OH is 3. The Kier molecular flexibility index (Phi) is 14.0. The minimum absolute atomic E-state index is 0.0308. The van der Waals surface area contributed by atoms with Gasteiger partial charge in [-0.15, -0.1) is 0 Å². The summed E-state index contributed by atoms with van der Waals surface area (Å²) in [4.78, 5) is 28.2. The fourth-order valence-corrected chi connectivity index (χ4v) is 5.75. The molecule has 2 aromatic rings. The van der Waals surface area contributed by atoms with Crippen LogP contribution in [0.25, 0.3) is 0 Å². The zero-order valence-electron chi connectivity index (χ0n) is 25.4. The van der Waals surface area contributed by atoms with E-state index in [4.69, 9.17) is 23.7 Å². The van der Waals surface area contributed by atoms with Gasteiger partial charge in [0.1, 0.15) is 30.3 Å². The molecule has 1 aliphatic carbocycles. The maximum atomic E-state index is 13.6. The van der Waals surface area contributed by atoms with Crippen molar-refractivity contribution in [3.8, 4) is 23.0 Å². The number of amides is 2. The second-order valence-corrected chi connectivity index (χ2v) is 11.1. The summed E-state index contributed by atoms with van der Waals surface area (Å²) in [7, 11) is 4.58. The number of carbonyl (C=O) groups excluding carboxylic acids is 2. The predicted octanol–water partition coefficient (Wildman–Crippen LogP) is 1.83. The van der Waals surface area contributed by atoms with Crippen LogP contribution in [0.1, 0.15) is 24.5 Å². The molecule has 0 saturated heterocycles. The van der Waals surface area contributed by atoms with Gasteiger partial charge in [0.2, 0.25) is 11.8 Å². The summed E-state index contributed by atoms with van der Waals surface area (Å²) in [5.74, 6) is 1.08. The van der Waals surface area contributed by atoms with Gasteiger partial charge in [-0.2, -0.15) is 0 Å². The molecule has 2 aromatic carbocycles. The van der Waals surface area contributed by atoms with E-state index in [1.165, 1.54) is 18.1 Å². The Bertz CT molecular complexity index is 1300. The molecule has 2 amide bonds. The minimum Gasteiger partial charge on any atom is -0.497 e. The topological polar surface area (TPSA) is 156 Å². The number of nitrogens with zero attached hydrogens (tertiary/aromatic N) is 1. The fourth-order valence-electron chi connectivity index (χ4n) is 4.96. The zero-order chi connectivity index (χ0) is 32.2. The molecular weight excluding hydrogens is 687 g/mol. The van der Waals surface area contributed by atoms with E-state index in [1.54, 1.807) is 45.4 Å². The highest BCUT2D eigenvalue weighted by Crippen LogP contribution is 2.37. The van der Waals surface area contributed by atoms with Crippen molar-refractivity contribution in [2.75, 3.05) is 54.2 Å². The van der Waals surface area contributed by atoms with Crippen LogP contribution in [0, 0.1) is 3.57 Å². The molecule has 0 unspecified atom stereocenters. The van der Waals surface area contributed by atoms with Crippen molar-refractivity contribution < 1.29 is 48.6 Å². The number of methoxy groups -OCH3 is 3. The summed E-state index contributed by atoms with van der Waals surface area (Å²) in [5.41, 5.74) is 1.69. The van der Waals surface area contributed by atoms with Crippen LogP contribution >= 0.6 is 22.6 Å². The summed E-state index contributed by atoms with van der Waals surface area (Å²) in [5, 5.41) is 33.3. The summed E-state index contributed by atoms with van der Waals surface area (Å²) in [6, 6.07) is 7.86. The molecule has 4 N–H and O–H groups in total. The van der Waals surface area contributed by atoms with Crippen molar-refractivity contribution in [3.05, 3.63) is 56.7 Å². The molecule has 0 bridgehead atoms. The molecule has 0 radical (unpaired) electrons. The monoisotopic (exact) mass is 728 g/mol. The van der Waals surface area contributed by atoms with Crippen molar-refractivity contribution in [2.24, 2.45) is 0 Å². The normalized spacial score (nSPS) is 17.8.